The molecule has 1 aromatic carbocycles. The molecule has 16 heavy (non-hydrogen) atoms. The van der Waals surface area contributed by atoms with Crippen molar-refractivity contribution in [2.75, 3.05) is 5.73 Å². The van der Waals surface area contributed by atoms with Crippen LogP contribution >= 0.6 is 11.6 Å². The lowest BCUT2D eigenvalue weighted by molar-refractivity contribution is 0.0384. The molecule has 0 atom stereocenters. The van der Waals surface area contributed by atoms with Crippen LogP contribution in [-0.2, 0) is 0 Å². The van der Waals surface area contributed by atoms with Crippen molar-refractivity contribution in [2.45, 2.75) is 0 Å². The Labute approximate surface area is 95.5 Å². The molecule has 0 bridgehead atoms. The summed E-state index contributed by atoms with van der Waals surface area (Å²) in [6.45, 7) is 0. The molecule has 6 nitrogen and oxygen atoms in total. The molecule has 0 aliphatic rings. The van der Waals surface area contributed by atoms with Crippen LogP contribution in [0, 0.1) is 0 Å². The normalized spacial score (nSPS) is 10.1. The fourth-order valence-electron chi connectivity index (χ4n) is 1.05. The van der Waals surface area contributed by atoms with Crippen molar-refractivity contribution < 1.29 is 9.63 Å². The number of halogens is 1. The number of nitrogen functional groups attached to an aromatic ring is 1. The standard InChI is InChI=1S/C9H7ClN4O2/c10-7-2-1-6(5-8(7)11)9(15)16-14-4-3-12-13-14/h1-5H,11H2. The predicted octanol–water partition coefficient (Wildman–Crippen LogP) is 0.783. The Kier molecular flexibility index (Phi) is 2.74. The lowest BCUT2D eigenvalue weighted by Gasteiger charge is -2.03. The van der Waals surface area contributed by atoms with Crippen molar-refractivity contribution in [1.82, 2.24) is 15.2 Å². The first-order chi connectivity index (χ1) is 7.66. The lowest BCUT2D eigenvalue weighted by Crippen LogP contribution is -2.20. The third-order valence-electron chi connectivity index (χ3n) is 1.81. The van der Waals surface area contributed by atoms with Gasteiger partial charge in [0.1, 0.15) is 0 Å². The van der Waals surface area contributed by atoms with Crippen LogP contribution in [0.2, 0.25) is 5.02 Å². The zero-order valence-corrected chi connectivity index (χ0v) is 8.76. The summed E-state index contributed by atoms with van der Waals surface area (Å²) >= 11 is 5.72. The zero-order chi connectivity index (χ0) is 11.5. The van der Waals surface area contributed by atoms with Crippen LogP contribution < -0.4 is 10.6 Å². The van der Waals surface area contributed by atoms with E-state index in [1.54, 1.807) is 0 Å². The van der Waals surface area contributed by atoms with Gasteiger partial charge >= 0.3 is 5.97 Å². The smallest absolute Gasteiger partial charge is 0.365 e. The van der Waals surface area contributed by atoms with E-state index in [-0.39, 0.29) is 5.56 Å². The van der Waals surface area contributed by atoms with E-state index < -0.39 is 5.97 Å². The molecule has 0 spiro atoms. The molecular weight excluding hydrogens is 232 g/mol. The van der Waals surface area contributed by atoms with Gasteiger partial charge in [-0.15, -0.1) is 5.10 Å². The van der Waals surface area contributed by atoms with E-state index >= 15 is 0 Å². The Balaban J connectivity index is 2.18. The van der Waals surface area contributed by atoms with Crippen LogP contribution in [-0.4, -0.2) is 21.1 Å². The van der Waals surface area contributed by atoms with E-state index in [9.17, 15) is 4.79 Å². The number of hydrogen-bond acceptors (Lipinski definition) is 5. The Morgan fingerprint density at radius 2 is 2.31 bits per heavy atom. The van der Waals surface area contributed by atoms with Crippen LogP contribution in [0.15, 0.2) is 30.6 Å². The molecule has 2 rings (SSSR count). The topological polar surface area (TPSA) is 83.0 Å². The van der Waals surface area contributed by atoms with E-state index in [2.05, 4.69) is 10.3 Å². The summed E-state index contributed by atoms with van der Waals surface area (Å²) < 4.78 is 0. The number of hydrogen-bond donors (Lipinski definition) is 1. The maximum atomic E-state index is 11.6. The Morgan fingerprint density at radius 3 is 2.94 bits per heavy atom. The first kappa shape index (κ1) is 10.4. The predicted molar refractivity (Wildman–Crippen MR) is 56.8 cm³/mol. The maximum Gasteiger partial charge on any atom is 0.365 e. The van der Waals surface area contributed by atoms with Gasteiger partial charge < -0.3 is 10.6 Å². The van der Waals surface area contributed by atoms with Crippen molar-refractivity contribution in [3.63, 3.8) is 0 Å². The molecule has 0 amide bonds. The fourth-order valence-corrected chi connectivity index (χ4v) is 1.17. The number of nitrogens with zero attached hydrogens (tertiary/aromatic N) is 3. The molecule has 0 saturated carbocycles. The maximum absolute atomic E-state index is 11.6. The molecular formula is C9H7ClN4O2. The molecule has 1 heterocycles. The van der Waals surface area contributed by atoms with Crippen LogP contribution in [0.4, 0.5) is 5.69 Å². The number of benzene rings is 1. The summed E-state index contributed by atoms with van der Waals surface area (Å²) in [7, 11) is 0. The molecule has 82 valence electrons. The van der Waals surface area contributed by atoms with E-state index in [0.717, 1.165) is 4.85 Å². The molecule has 0 aliphatic carbocycles. The first-order valence-electron chi connectivity index (χ1n) is 4.31. The van der Waals surface area contributed by atoms with Gasteiger partial charge in [-0.1, -0.05) is 16.4 Å². The van der Waals surface area contributed by atoms with E-state index in [1.807, 2.05) is 0 Å². The van der Waals surface area contributed by atoms with Crippen LogP contribution in [0.1, 0.15) is 10.4 Å². The van der Waals surface area contributed by atoms with Gasteiger partial charge in [0.25, 0.3) is 0 Å². The van der Waals surface area contributed by atoms with Crippen LogP contribution in [0.25, 0.3) is 0 Å². The molecule has 0 aliphatic heterocycles. The summed E-state index contributed by atoms with van der Waals surface area (Å²) in [5.41, 5.74) is 6.16. The third-order valence-corrected chi connectivity index (χ3v) is 2.15. The van der Waals surface area contributed by atoms with Gasteiger partial charge in [0, 0.05) is 0 Å². The van der Waals surface area contributed by atoms with Crippen LogP contribution in [0.5, 0.6) is 0 Å². The fraction of sp³-hybridized carbons (Fsp3) is 0. The number of nitrogens with two attached hydrogens (primary N) is 1. The van der Waals surface area contributed by atoms with E-state index in [1.165, 1.54) is 30.6 Å². The summed E-state index contributed by atoms with van der Waals surface area (Å²) in [4.78, 5) is 17.4. The highest BCUT2D eigenvalue weighted by molar-refractivity contribution is 6.33. The lowest BCUT2D eigenvalue weighted by atomic mass is 10.2. The first-order valence-corrected chi connectivity index (χ1v) is 4.68. The van der Waals surface area contributed by atoms with Gasteiger partial charge in [-0.25, -0.2) is 4.79 Å². The number of rotatable bonds is 2. The molecule has 7 heteroatoms. The summed E-state index contributed by atoms with van der Waals surface area (Å²) in [6, 6.07) is 4.47. The Hall–Kier alpha value is -2.08. The number of anilines is 1. The van der Waals surface area contributed by atoms with Crippen molar-refractivity contribution in [2.24, 2.45) is 0 Å². The molecule has 0 saturated heterocycles. The second kappa shape index (κ2) is 4.19. The molecule has 2 N–H and O–H groups in total. The van der Waals surface area contributed by atoms with Gasteiger partial charge in [0.15, 0.2) is 0 Å². The SMILES string of the molecule is Nc1cc(C(=O)On2ccnn2)ccc1Cl. The van der Waals surface area contributed by atoms with Gasteiger partial charge in [-0.05, 0) is 23.4 Å². The minimum Gasteiger partial charge on any atom is -0.398 e. The average Bonchev–Trinajstić information content (AvgIpc) is 2.74. The van der Waals surface area contributed by atoms with Crippen molar-refractivity contribution in [3.8, 4) is 0 Å². The molecule has 0 fully saturated rings. The highest BCUT2D eigenvalue weighted by atomic mass is 35.5. The Bertz CT molecular complexity index is 512. The highest BCUT2D eigenvalue weighted by Gasteiger charge is 2.10. The molecule has 1 aromatic heterocycles. The van der Waals surface area contributed by atoms with E-state index in [4.69, 9.17) is 22.2 Å². The zero-order valence-electron chi connectivity index (χ0n) is 8.00. The summed E-state index contributed by atoms with van der Waals surface area (Å²) in [5, 5.41) is 7.36. The minimum atomic E-state index is -0.589. The van der Waals surface area contributed by atoms with Crippen LogP contribution in [0.3, 0.4) is 0 Å². The third kappa shape index (κ3) is 2.12. The van der Waals surface area contributed by atoms with E-state index in [0.29, 0.717) is 10.7 Å². The Morgan fingerprint density at radius 1 is 1.50 bits per heavy atom. The number of aromatic nitrogens is 3. The highest BCUT2D eigenvalue weighted by Crippen LogP contribution is 2.19. The largest absolute Gasteiger partial charge is 0.398 e. The van der Waals surface area contributed by atoms with Crippen molar-refractivity contribution >= 4 is 23.3 Å². The summed E-state index contributed by atoms with van der Waals surface area (Å²) in [6.07, 6.45) is 2.79. The van der Waals surface area contributed by atoms with Gasteiger partial charge in [0.2, 0.25) is 0 Å². The summed E-state index contributed by atoms with van der Waals surface area (Å²) in [5.74, 6) is -0.589. The molecule has 0 radical (unpaired) electrons. The number of carbonyl (C=O) groups is 1. The van der Waals surface area contributed by atoms with Crippen molar-refractivity contribution in [1.29, 1.82) is 0 Å². The van der Waals surface area contributed by atoms with Gasteiger partial charge in [0.05, 0.1) is 28.7 Å². The molecule has 2 aromatic rings. The monoisotopic (exact) mass is 238 g/mol. The second-order valence-corrected chi connectivity index (χ2v) is 3.33. The second-order valence-electron chi connectivity index (χ2n) is 2.92. The average molecular weight is 239 g/mol. The molecule has 0 unspecified atom stereocenters. The number of carbonyl (C=O) groups excluding carboxylic acids is 1. The minimum absolute atomic E-state index is 0.289. The quantitative estimate of drug-likeness (QED) is 0.618. The van der Waals surface area contributed by atoms with Crippen molar-refractivity contribution in [3.05, 3.63) is 41.2 Å². The van der Waals surface area contributed by atoms with Gasteiger partial charge in [-0.2, -0.15) is 0 Å². The van der Waals surface area contributed by atoms with Gasteiger partial charge in [-0.3, -0.25) is 0 Å².